The van der Waals surface area contributed by atoms with Crippen LogP contribution in [0.1, 0.15) is 5.56 Å². The van der Waals surface area contributed by atoms with Crippen molar-refractivity contribution in [2.24, 2.45) is 5.10 Å². The molecule has 0 bridgehead atoms. The molecule has 0 spiro atoms. The van der Waals surface area contributed by atoms with Crippen molar-refractivity contribution < 1.29 is 4.74 Å². The maximum Gasteiger partial charge on any atom is 0.119 e. The highest BCUT2D eigenvalue weighted by atomic mass is 35.5. The number of ether oxygens (including phenoxy) is 1. The van der Waals surface area contributed by atoms with E-state index in [1.807, 2.05) is 48.5 Å². The molecule has 3 rings (SSSR count). The molecule has 1 N–H and O–H groups in total. The molecule has 110 valence electrons. The van der Waals surface area contributed by atoms with Gasteiger partial charge >= 0.3 is 0 Å². The summed E-state index contributed by atoms with van der Waals surface area (Å²) in [6.45, 7) is 0. The smallest absolute Gasteiger partial charge is 0.119 e. The number of anilines is 1. The minimum Gasteiger partial charge on any atom is -0.497 e. The number of methoxy groups -OCH3 is 1. The molecule has 4 nitrogen and oxygen atoms in total. The Morgan fingerprint density at radius 3 is 2.91 bits per heavy atom. The third kappa shape index (κ3) is 3.18. The molecule has 1 aromatic heterocycles. The molecular formula is C17H14ClN3O. The molecule has 0 aliphatic heterocycles. The first-order valence-electron chi connectivity index (χ1n) is 6.74. The van der Waals surface area contributed by atoms with E-state index in [2.05, 4.69) is 15.5 Å². The lowest BCUT2D eigenvalue weighted by Gasteiger charge is -2.07. The zero-order valence-electron chi connectivity index (χ0n) is 12.0. The van der Waals surface area contributed by atoms with E-state index >= 15 is 0 Å². The number of pyridine rings is 1. The highest BCUT2D eigenvalue weighted by Crippen LogP contribution is 2.25. The normalized spacial score (nSPS) is 11.0. The van der Waals surface area contributed by atoms with Gasteiger partial charge in [-0.1, -0.05) is 23.7 Å². The number of rotatable bonds is 4. The summed E-state index contributed by atoms with van der Waals surface area (Å²) in [6, 6.07) is 15.1. The van der Waals surface area contributed by atoms with E-state index in [9.17, 15) is 0 Å². The van der Waals surface area contributed by atoms with Gasteiger partial charge in [0.2, 0.25) is 0 Å². The number of nitrogens with zero attached hydrogens (tertiary/aromatic N) is 2. The Labute approximate surface area is 133 Å². The molecule has 0 saturated carbocycles. The molecule has 2 aromatic carbocycles. The number of hydrogen-bond acceptors (Lipinski definition) is 4. The fourth-order valence-electron chi connectivity index (χ4n) is 2.11. The molecule has 3 aromatic rings. The average Bonchev–Trinajstić information content (AvgIpc) is 2.55. The fourth-order valence-corrected chi connectivity index (χ4v) is 2.31. The molecule has 0 unspecified atom stereocenters. The van der Waals surface area contributed by atoms with Crippen LogP contribution in [0.4, 0.5) is 5.69 Å². The van der Waals surface area contributed by atoms with Gasteiger partial charge in [-0.3, -0.25) is 10.4 Å². The summed E-state index contributed by atoms with van der Waals surface area (Å²) in [5, 5.41) is 5.89. The predicted octanol–water partition coefficient (Wildman–Crippen LogP) is 4.34. The van der Waals surface area contributed by atoms with E-state index in [0.29, 0.717) is 5.02 Å². The van der Waals surface area contributed by atoms with Crippen LogP contribution in [-0.2, 0) is 0 Å². The van der Waals surface area contributed by atoms with E-state index < -0.39 is 0 Å². The van der Waals surface area contributed by atoms with E-state index in [-0.39, 0.29) is 0 Å². The van der Waals surface area contributed by atoms with Crippen LogP contribution in [0.25, 0.3) is 10.9 Å². The van der Waals surface area contributed by atoms with Crippen molar-refractivity contribution in [2.45, 2.75) is 0 Å². The zero-order valence-corrected chi connectivity index (χ0v) is 12.7. The van der Waals surface area contributed by atoms with Gasteiger partial charge in [0.05, 0.1) is 24.5 Å². The largest absolute Gasteiger partial charge is 0.497 e. The Morgan fingerprint density at radius 1 is 1.18 bits per heavy atom. The van der Waals surface area contributed by atoms with Gasteiger partial charge in [-0.05, 0) is 42.0 Å². The van der Waals surface area contributed by atoms with Gasteiger partial charge in [0.1, 0.15) is 5.75 Å². The van der Waals surface area contributed by atoms with Crippen molar-refractivity contribution >= 4 is 34.4 Å². The quantitative estimate of drug-likeness (QED) is 0.576. The first-order valence-corrected chi connectivity index (χ1v) is 7.11. The van der Waals surface area contributed by atoms with Crippen LogP contribution >= 0.6 is 11.6 Å². The second kappa shape index (κ2) is 6.45. The van der Waals surface area contributed by atoms with Crippen molar-refractivity contribution in [1.29, 1.82) is 0 Å². The summed E-state index contributed by atoms with van der Waals surface area (Å²) >= 11 is 5.95. The molecule has 0 aliphatic rings. The summed E-state index contributed by atoms with van der Waals surface area (Å²) < 4.78 is 5.26. The van der Waals surface area contributed by atoms with E-state index in [1.165, 1.54) is 0 Å². The van der Waals surface area contributed by atoms with Crippen LogP contribution in [0.2, 0.25) is 5.02 Å². The van der Waals surface area contributed by atoms with Crippen LogP contribution < -0.4 is 10.2 Å². The monoisotopic (exact) mass is 311 g/mol. The molecule has 0 atom stereocenters. The van der Waals surface area contributed by atoms with Crippen molar-refractivity contribution in [2.75, 3.05) is 12.5 Å². The van der Waals surface area contributed by atoms with E-state index in [0.717, 1.165) is 27.9 Å². The van der Waals surface area contributed by atoms with Crippen LogP contribution in [-0.4, -0.2) is 18.3 Å². The lowest BCUT2D eigenvalue weighted by Crippen LogP contribution is -1.93. The Kier molecular flexibility index (Phi) is 4.21. The van der Waals surface area contributed by atoms with Gasteiger partial charge in [0, 0.05) is 16.6 Å². The highest BCUT2D eigenvalue weighted by Gasteiger charge is 2.02. The number of aromatic nitrogens is 1. The number of hydrazone groups is 1. The molecule has 5 heteroatoms. The maximum atomic E-state index is 5.95. The molecule has 0 saturated heterocycles. The van der Waals surface area contributed by atoms with Crippen molar-refractivity contribution in [3.8, 4) is 5.75 Å². The van der Waals surface area contributed by atoms with E-state index in [1.54, 1.807) is 19.5 Å². The first-order chi connectivity index (χ1) is 10.8. The summed E-state index contributed by atoms with van der Waals surface area (Å²) in [4.78, 5) is 4.33. The highest BCUT2D eigenvalue weighted by molar-refractivity contribution is 6.30. The van der Waals surface area contributed by atoms with Crippen molar-refractivity contribution in [1.82, 2.24) is 4.98 Å². The first kappa shape index (κ1) is 14.4. The van der Waals surface area contributed by atoms with Crippen LogP contribution in [0, 0.1) is 0 Å². The Morgan fingerprint density at radius 2 is 2.09 bits per heavy atom. The summed E-state index contributed by atoms with van der Waals surface area (Å²) in [6.07, 6.45) is 3.46. The number of benzene rings is 2. The fraction of sp³-hybridized carbons (Fsp3) is 0.0588. The van der Waals surface area contributed by atoms with Crippen molar-refractivity contribution in [3.05, 3.63) is 65.3 Å². The second-order valence-corrected chi connectivity index (χ2v) is 5.10. The predicted molar refractivity (Wildman–Crippen MR) is 91.0 cm³/mol. The molecule has 0 aliphatic carbocycles. The minimum absolute atomic E-state index is 0.683. The topological polar surface area (TPSA) is 46.5 Å². The lowest BCUT2D eigenvalue weighted by molar-refractivity contribution is 0.415. The molecule has 22 heavy (non-hydrogen) atoms. The van der Waals surface area contributed by atoms with Crippen LogP contribution in [0.15, 0.2) is 59.8 Å². The number of fused-ring (bicyclic) bond motifs is 1. The lowest BCUT2D eigenvalue weighted by atomic mass is 10.2. The minimum atomic E-state index is 0.683. The van der Waals surface area contributed by atoms with Crippen LogP contribution in [0.5, 0.6) is 5.75 Å². The molecule has 0 amide bonds. The Hall–Kier alpha value is -2.59. The molecule has 1 heterocycles. The van der Waals surface area contributed by atoms with Crippen molar-refractivity contribution in [3.63, 3.8) is 0 Å². The summed E-state index contributed by atoms with van der Waals surface area (Å²) in [5.41, 5.74) is 5.71. The Balaban J connectivity index is 1.87. The SMILES string of the molecule is COc1ccc2nccc(N/N=C/c3cccc(Cl)c3)c2c1. The molecule has 0 fully saturated rings. The van der Waals surface area contributed by atoms with Gasteiger partial charge in [-0.25, -0.2) is 0 Å². The van der Waals surface area contributed by atoms with Gasteiger partial charge in [0.25, 0.3) is 0 Å². The molecular weight excluding hydrogens is 298 g/mol. The number of hydrogen-bond donors (Lipinski definition) is 1. The molecule has 0 radical (unpaired) electrons. The van der Waals surface area contributed by atoms with Crippen LogP contribution in [0.3, 0.4) is 0 Å². The standard InChI is InChI=1S/C17H14ClN3O/c1-22-14-5-6-16-15(10-14)17(7-8-19-16)21-20-11-12-3-2-4-13(18)9-12/h2-11H,1H3,(H,19,21)/b20-11+. The third-order valence-electron chi connectivity index (χ3n) is 3.20. The second-order valence-electron chi connectivity index (χ2n) is 4.67. The van der Waals surface area contributed by atoms with Gasteiger partial charge in [-0.2, -0.15) is 5.10 Å². The average molecular weight is 312 g/mol. The maximum absolute atomic E-state index is 5.95. The zero-order chi connectivity index (χ0) is 15.4. The summed E-state index contributed by atoms with van der Waals surface area (Å²) in [7, 11) is 1.64. The number of nitrogens with one attached hydrogen (secondary N) is 1. The van der Waals surface area contributed by atoms with Gasteiger partial charge in [0.15, 0.2) is 0 Å². The Bertz CT molecular complexity index is 833. The third-order valence-corrected chi connectivity index (χ3v) is 3.43. The van der Waals surface area contributed by atoms with Gasteiger partial charge in [-0.15, -0.1) is 0 Å². The summed E-state index contributed by atoms with van der Waals surface area (Å²) in [5.74, 6) is 0.780. The van der Waals surface area contributed by atoms with Gasteiger partial charge < -0.3 is 4.74 Å². The number of halogens is 1. The van der Waals surface area contributed by atoms with E-state index in [4.69, 9.17) is 16.3 Å².